The Labute approximate surface area is 217 Å². The van der Waals surface area contributed by atoms with Crippen molar-refractivity contribution in [1.82, 2.24) is 10.6 Å². The van der Waals surface area contributed by atoms with Gasteiger partial charge in [-0.3, -0.25) is 0 Å². The van der Waals surface area contributed by atoms with Crippen molar-refractivity contribution in [2.45, 2.75) is 65.8 Å². The molecule has 3 aromatic carbocycles. The lowest BCUT2D eigenvalue weighted by Crippen LogP contribution is -2.14. The monoisotopic (exact) mass is 496 g/mol. The van der Waals surface area contributed by atoms with E-state index in [1.807, 2.05) is 24.3 Å². The Morgan fingerprint density at radius 2 is 1.00 bits per heavy atom. The zero-order chi connectivity index (χ0) is 23.8. The highest BCUT2D eigenvalue weighted by molar-refractivity contribution is 5.85. The van der Waals surface area contributed by atoms with Crippen LogP contribution < -0.4 is 20.1 Å². The summed E-state index contributed by atoms with van der Waals surface area (Å²) in [6.45, 7) is 9.45. The molecule has 0 aliphatic carbocycles. The van der Waals surface area contributed by atoms with Gasteiger partial charge in [-0.2, -0.15) is 0 Å². The second kappa shape index (κ2) is 17.0. The number of benzene rings is 3. The molecule has 0 aromatic heterocycles. The van der Waals surface area contributed by atoms with E-state index in [1.54, 1.807) is 0 Å². The first-order chi connectivity index (χ1) is 16.8. The number of rotatable bonds is 16. The molecule has 5 heteroatoms. The largest absolute Gasteiger partial charge is 0.489 e. The molecular weight excluding hydrogens is 456 g/mol. The summed E-state index contributed by atoms with van der Waals surface area (Å²) in [4.78, 5) is 0. The van der Waals surface area contributed by atoms with Gasteiger partial charge in [0.15, 0.2) is 0 Å². The number of hydrogen-bond donors (Lipinski definition) is 2. The van der Waals surface area contributed by atoms with E-state index in [1.165, 1.54) is 36.8 Å². The maximum atomic E-state index is 6.00. The van der Waals surface area contributed by atoms with Crippen LogP contribution in [0, 0.1) is 0 Å². The molecule has 35 heavy (non-hydrogen) atoms. The highest BCUT2D eigenvalue weighted by Gasteiger charge is 2.02. The van der Waals surface area contributed by atoms with Crippen LogP contribution in [0.2, 0.25) is 0 Å². The zero-order valence-electron chi connectivity index (χ0n) is 21.2. The van der Waals surface area contributed by atoms with E-state index in [4.69, 9.17) is 9.47 Å². The summed E-state index contributed by atoms with van der Waals surface area (Å²) < 4.78 is 12.0. The van der Waals surface area contributed by atoms with Crippen LogP contribution >= 0.6 is 12.4 Å². The lowest BCUT2D eigenvalue weighted by molar-refractivity contribution is 0.300. The predicted molar refractivity (Wildman–Crippen MR) is 148 cm³/mol. The van der Waals surface area contributed by atoms with Crippen molar-refractivity contribution < 1.29 is 9.47 Å². The quantitative estimate of drug-likeness (QED) is 0.208. The minimum absolute atomic E-state index is 0. The van der Waals surface area contributed by atoms with Crippen LogP contribution in [0.25, 0.3) is 0 Å². The number of unbranched alkanes of at least 4 members (excludes halogenated alkanes) is 2. The van der Waals surface area contributed by atoms with E-state index in [-0.39, 0.29) is 12.4 Å². The molecule has 0 aliphatic heterocycles. The molecule has 0 saturated carbocycles. The third-order valence-electron chi connectivity index (χ3n) is 5.72. The Balaban J connectivity index is 0.00000432. The maximum absolute atomic E-state index is 6.00. The van der Waals surface area contributed by atoms with E-state index in [2.05, 4.69) is 73.0 Å². The van der Waals surface area contributed by atoms with Gasteiger partial charge in [0.1, 0.15) is 24.7 Å². The van der Waals surface area contributed by atoms with Crippen LogP contribution in [0.4, 0.5) is 0 Å². The molecule has 0 atom stereocenters. The molecule has 3 aromatic rings. The first kappa shape index (κ1) is 28.7. The van der Waals surface area contributed by atoms with Gasteiger partial charge in [0, 0.05) is 13.1 Å². The Morgan fingerprint density at radius 3 is 1.40 bits per heavy atom. The fourth-order valence-electron chi connectivity index (χ4n) is 3.62. The molecule has 3 rings (SSSR count). The minimum Gasteiger partial charge on any atom is -0.489 e. The lowest BCUT2D eigenvalue weighted by atomic mass is 10.1. The SMILES string of the molecule is CCCCNCc1ccc(OCc2cccc(COc3ccc(CNCCCC)cc3)c2)cc1.Cl. The van der Waals surface area contributed by atoms with Gasteiger partial charge in [-0.25, -0.2) is 0 Å². The van der Waals surface area contributed by atoms with Gasteiger partial charge in [-0.15, -0.1) is 12.4 Å². The second-order valence-electron chi connectivity index (χ2n) is 8.75. The van der Waals surface area contributed by atoms with Crippen molar-refractivity contribution in [3.63, 3.8) is 0 Å². The molecule has 0 spiro atoms. The molecule has 0 bridgehead atoms. The Bertz CT molecular complexity index is 871. The van der Waals surface area contributed by atoms with Crippen molar-refractivity contribution in [3.8, 4) is 11.5 Å². The van der Waals surface area contributed by atoms with Crippen LogP contribution in [-0.4, -0.2) is 13.1 Å². The molecule has 0 amide bonds. The summed E-state index contributed by atoms with van der Waals surface area (Å²) >= 11 is 0. The third-order valence-corrected chi connectivity index (χ3v) is 5.72. The van der Waals surface area contributed by atoms with Gasteiger partial charge in [0.05, 0.1) is 0 Å². The Morgan fingerprint density at radius 1 is 0.571 bits per heavy atom. The normalized spacial score (nSPS) is 10.6. The van der Waals surface area contributed by atoms with Crippen LogP contribution in [0.15, 0.2) is 72.8 Å². The van der Waals surface area contributed by atoms with Crippen LogP contribution in [-0.2, 0) is 26.3 Å². The Hall–Kier alpha value is -2.53. The fraction of sp³-hybridized carbons (Fsp3) is 0.400. The van der Waals surface area contributed by atoms with Crippen molar-refractivity contribution in [1.29, 1.82) is 0 Å². The molecule has 0 unspecified atom stereocenters. The number of halogens is 1. The van der Waals surface area contributed by atoms with E-state index < -0.39 is 0 Å². The number of hydrogen-bond acceptors (Lipinski definition) is 4. The molecule has 4 nitrogen and oxygen atoms in total. The molecule has 0 heterocycles. The van der Waals surface area contributed by atoms with E-state index >= 15 is 0 Å². The zero-order valence-corrected chi connectivity index (χ0v) is 22.0. The minimum atomic E-state index is 0. The summed E-state index contributed by atoms with van der Waals surface area (Å²) in [6.07, 6.45) is 4.87. The summed E-state index contributed by atoms with van der Waals surface area (Å²) in [5.41, 5.74) is 4.84. The fourth-order valence-corrected chi connectivity index (χ4v) is 3.62. The second-order valence-corrected chi connectivity index (χ2v) is 8.75. The molecule has 0 radical (unpaired) electrons. The van der Waals surface area contributed by atoms with Gasteiger partial charge in [-0.1, -0.05) is 69.2 Å². The third kappa shape index (κ3) is 11.2. The molecule has 2 N–H and O–H groups in total. The molecular formula is C30H41ClN2O2. The summed E-state index contributed by atoms with van der Waals surface area (Å²) in [7, 11) is 0. The maximum Gasteiger partial charge on any atom is 0.119 e. The molecule has 0 saturated heterocycles. The van der Waals surface area contributed by atoms with Gasteiger partial charge in [-0.05, 0) is 78.5 Å². The average Bonchev–Trinajstić information content (AvgIpc) is 2.88. The summed E-state index contributed by atoms with van der Waals surface area (Å²) in [5.74, 6) is 1.78. The summed E-state index contributed by atoms with van der Waals surface area (Å²) in [5, 5.41) is 6.94. The van der Waals surface area contributed by atoms with Crippen molar-refractivity contribution in [3.05, 3.63) is 95.1 Å². The predicted octanol–water partition coefficient (Wildman–Crippen LogP) is 7.05. The van der Waals surface area contributed by atoms with Gasteiger partial charge in [0.25, 0.3) is 0 Å². The van der Waals surface area contributed by atoms with Gasteiger partial charge >= 0.3 is 0 Å². The molecule has 0 aliphatic rings. The standard InChI is InChI=1S/C30H40N2O2.ClH/c1-3-5-18-31-21-25-10-14-29(15-11-25)33-23-27-8-7-9-28(20-27)24-34-30-16-12-26(13-17-30)22-32-19-6-4-2;/h7-17,20,31-32H,3-6,18-19,21-24H2,1-2H3;1H. The summed E-state index contributed by atoms with van der Waals surface area (Å²) in [6, 6.07) is 25.1. The average molecular weight is 497 g/mol. The topological polar surface area (TPSA) is 42.5 Å². The lowest BCUT2D eigenvalue weighted by Gasteiger charge is -2.11. The van der Waals surface area contributed by atoms with Crippen molar-refractivity contribution >= 4 is 12.4 Å². The Kier molecular flexibility index (Phi) is 13.9. The van der Waals surface area contributed by atoms with E-state index in [9.17, 15) is 0 Å². The highest BCUT2D eigenvalue weighted by atomic mass is 35.5. The molecule has 0 fully saturated rings. The molecule has 190 valence electrons. The smallest absolute Gasteiger partial charge is 0.119 e. The highest BCUT2D eigenvalue weighted by Crippen LogP contribution is 2.17. The first-order valence-corrected chi connectivity index (χ1v) is 12.7. The van der Waals surface area contributed by atoms with E-state index in [0.717, 1.165) is 48.8 Å². The van der Waals surface area contributed by atoms with Crippen LogP contribution in [0.5, 0.6) is 11.5 Å². The number of ether oxygens (including phenoxy) is 2. The van der Waals surface area contributed by atoms with E-state index in [0.29, 0.717) is 13.2 Å². The first-order valence-electron chi connectivity index (χ1n) is 12.7. The van der Waals surface area contributed by atoms with Gasteiger partial charge in [0.2, 0.25) is 0 Å². The van der Waals surface area contributed by atoms with Crippen LogP contribution in [0.1, 0.15) is 61.8 Å². The van der Waals surface area contributed by atoms with Gasteiger partial charge < -0.3 is 20.1 Å². The number of nitrogens with one attached hydrogen (secondary N) is 2. The van der Waals surface area contributed by atoms with Crippen molar-refractivity contribution in [2.24, 2.45) is 0 Å². The van der Waals surface area contributed by atoms with Crippen molar-refractivity contribution in [2.75, 3.05) is 13.1 Å². The van der Waals surface area contributed by atoms with Crippen LogP contribution in [0.3, 0.4) is 0 Å².